The number of morpholine rings is 1. The molecule has 5 nitrogen and oxygen atoms in total. The van der Waals surface area contributed by atoms with Gasteiger partial charge in [-0.1, -0.05) is 30.3 Å². The molecule has 1 heterocycles. The van der Waals surface area contributed by atoms with Crippen molar-refractivity contribution < 1.29 is 14.3 Å². The van der Waals surface area contributed by atoms with E-state index in [1.807, 2.05) is 48.5 Å². The van der Waals surface area contributed by atoms with Crippen LogP contribution >= 0.6 is 28.3 Å². The third-order valence-corrected chi connectivity index (χ3v) is 4.29. The van der Waals surface area contributed by atoms with Crippen LogP contribution in [-0.4, -0.2) is 31.7 Å². The standard InChI is InChI=1S/C18H19BrN2O3.ClH/c19-15-10-14(21-18(22)16-12-23-9-8-20-16)6-7-17(15)24-11-13-4-2-1-3-5-13;/h1-7,10,16,20H,8-9,11-12H2,(H,21,22);1H. The zero-order chi connectivity index (χ0) is 16.8. The summed E-state index contributed by atoms with van der Waals surface area (Å²) in [6, 6.07) is 15.2. The minimum absolute atomic E-state index is 0. The lowest BCUT2D eigenvalue weighted by atomic mass is 10.2. The third-order valence-electron chi connectivity index (χ3n) is 3.67. The fourth-order valence-corrected chi connectivity index (χ4v) is 2.89. The van der Waals surface area contributed by atoms with E-state index >= 15 is 0 Å². The van der Waals surface area contributed by atoms with Crippen LogP contribution < -0.4 is 15.4 Å². The molecule has 1 amide bonds. The molecule has 1 atom stereocenters. The second kappa shape index (κ2) is 9.77. The summed E-state index contributed by atoms with van der Waals surface area (Å²) < 4.78 is 11.9. The fraction of sp³-hybridized carbons (Fsp3) is 0.278. The second-order valence-corrected chi connectivity index (χ2v) is 6.34. The Bertz CT molecular complexity index is 694. The molecule has 0 saturated carbocycles. The average molecular weight is 428 g/mol. The Morgan fingerprint density at radius 1 is 1.28 bits per heavy atom. The van der Waals surface area contributed by atoms with E-state index in [1.165, 1.54) is 0 Å². The van der Waals surface area contributed by atoms with Gasteiger partial charge >= 0.3 is 0 Å². The molecular formula is C18H20BrClN2O3. The van der Waals surface area contributed by atoms with Crippen molar-refractivity contribution in [3.63, 3.8) is 0 Å². The van der Waals surface area contributed by atoms with Gasteiger partial charge in [0.05, 0.1) is 17.7 Å². The van der Waals surface area contributed by atoms with E-state index in [4.69, 9.17) is 9.47 Å². The normalized spacial score (nSPS) is 16.6. The maximum absolute atomic E-state index is 12.2. The molecule has 134 valence electrons. The van der Waals surface area contributed by atoms with Gasteiger partial charge in [-0.25, -0.2) is 0 Å². The van der Waals surface area contributed by atoms with Crippen molar-refractivity contribution in [3.8, 4) is 5.75 Å². The maximum atomic E-state index is 12.2. The van der Waals surface area contributed by atoms with Crippen LogP contribution in [0.1, 0.15) is 5.56 Å². The number of amides is 1. The van der Waals surface area contributed by atoms with Gasteiger partial charge in [0.2, 0.25) is 5.91 Å². The molecule has 2 aromatic carbocycles. The van der Waals surface area contributed by atoms with Crippen molar-refractivity contribution in [2.75, 3.05) is 25.1 Å². The Hall–Kier alpha value is -1.60. The van der Waals surface area contributed by atoms with Gasteiger partial charge in [0.25, 0.3) is 0 Å². The molecule has 1 aliphatic heterocycles. The Morgan fingerprint density at radius 3 is 2.76 bits per heavy atom. The number of ether oxygens (including phenoxy) is 2. The molecule has 0 radical (unpaired) electrons. The largest absolute Gasteiger partial charge is 0.488 e. The summed E-state index contributed by atoms with van der Waals surface area (Å²) in [5, 5.41) is 6.02. The molecular weight excluding hydrogens is 408 g/mol. The topological polar surface area (TPSA) is 59.6 Å². The number of hydrogen-bond acceptors (Lipinski definition) is 4. The van der Waals surface area contributed by atoms with Crippen LogP contribution in [0, 0.1) is 0 Å². The van der Waals surface area contributed by atoms with E-state index in [9.17, 15) is 4.79 Å². The first kappa shape index (κ1) is 19.7. The molecule has 3 rings (SSSR count). The van der Waals surface area contributed by atoms with Crippen LogP contribution in [0.3, 0.4) is 0 Å². The van der Waals surface area contributed by atoms with E-state index in [2.05, 4.69) is 26.6 Å². The van der Waals surface area contributed by atoms with Crippen molar-refractivity contribution in [1.82, 2.24) is 5.32 Å². The van der Waals surface area contributed by atoms with Crippen molar-refractivity contribution >= 4 is 39.9 Å². The van der Waals surface area contributed by atoms with Crippen molar-refractivity contribution in [2.24, 2.45) is 0 Å². The van der Waals surface area contributed by atoms with Crippen LogP contribution in [0.25, 0.3) is 0 Å². The number of halogens is 2. The third kappa shape index (κ3) is 5.71. The van der Waals surface area contributed by atoms with E-state index in [0.29, 0.717) is 32.1 Å². The van der Waals surface area contributed by atoms with Crippen LogP contribution in [0.4, 0.5) is 5.69 Å². The van der Waals surface area contributed by atoms with Gasteiger partial charge in [0, 0.05) is 12.2 Å². The molecule has 0 aromatic heterocycles. The predicted octanol–water partition coefficient (Wildman–Crippen LogP) is 3.38. The van der Waals surface area contributed by atoms with Crippen molar-refractivity contribution in [1.29, 1.82) is 0 Å². The minimum atomic E-state index is -0.313. The molecule has 0 aliphatic carbocycles. The summed E-state index contributed by atoms with van der Waals surface area (Å²) in [6.45, 7) is 2.22. The summed E-state index contributed by atoms with van der Waals surface area (Å²) in [7, 11) is 0. The highest BCUT2D eigenvalue weighted by atomic mass is 79.9. The van der Waals surface area contributed by atoms with E-state index < -0.39 is 0 Å². The molecule has 1 unspecified atom stereocenters. The van der Waals surface area contributed by atoms with Gasteiger partial charge in [-0.15, -0.1) is 12.4 Å². The Labute approximate surface area is 161 Å². The average Bonchev–Trinajstić information content (AvgIpc) is 2.62. The minimum Gasteiger partial charge on any atom is -0.488 e. The molecule has 0 bridgehead atoms. The number of anilines is 1. The van der Waals surface area contributed by atoms with Gasteiger partial charge in [-0.2, -0.15) is 0 Å². The predicted molar refractivity (Wildman–Crippen MR) is 103 cm³/mol. The highest BCUT2D eigenvalue weighted by Gasteiger charge is 2.21. The number of carbonyl (C=O) groups excluding carboxylic acids is 1. The SMILES string of the molecule is Cl.O=C(Nc1ccc(OCc2ccccc2)c(Br)c1)C1COCCN1. The Morgan fingerprint density at radius 2 is 2.08 bits per heavy atom. The highest BCUT2D eigenvalue weighted by Crippen LogP contribution is 2.29. The van der Waals surface area contributed by atoms with Gasteiger partial charge in [-0.05, 0) is 39.7 Å². The van der Waals surface area contributed by atoms with Gasteiger partial charge in [-0.3, -0.25) is 4.79 Å². The molecule has 1 fully saturated rings. The number of rotatable bonds is 5. The van der Waals surface area contributed by atoms with Gasteiger partial charge < -0.3 is 20.1 Å². The molecule has 0 spiro atoms. The molecule has 7 heteroatoms. The van der Waals surface area contributed by atoms with Crippen LogP contribution in [0.15, 0.2) is 53.0 Å². The molecule has 25 heavy (non-hydrogen) atoms. The lowest BCUT2D eigenvalue weighted by Gasteiger charge is -2.23. The molecule has 2 N–H and O–H groups in total. The van der Waals surface area contributed by atoms with E-state index in [1.54, 1.807) is 0 Å². The van der Waals surface area contributed by atoms with Crippen LogP contribution in [0.5, 0.6) is 5.75 Å². The van der Waals surface area contributed by atoms with E-state index in [0.717, 1.165) is 15.8 Å². The quantitative estimate of drug-likeness (QED) is 0.768. The highest BCUT2D eigenvalue weighted by molar-refractivity contribution is 9.10. The van der Waals surface area contributed by atoms with Gasteiger partial charge in [0.15, 0.2) is 0 Å². The monoisotopic (exact) mass is 426 g/mol. The van der Waals surface area contributed by atoms with Crippen LogP contribution in [0.2, 0.25) is 0 Å². The molecule has 1 saturated heterocycles. The van der Waals surface area contributed by atoms with Gasteiger partial charge in [0.1, 0.15) is 18.4 Å². The summed E-state index contributed by atoms with van der Waals surface area (Å²) in [6.07, 6.45) is 0. The lowest BCUT2D eigenvalue weighted by molar-refractivity contribution is -0.120. The summed E-state index contributed by atoms with van der Waals surface area (Å²) in [4.78, 5) is 12.2. The smallest absolute Gasteiger partial charge is 0.243 e. The molecule has 2 aromatic rings. The van der Waals surface area contributed by atoms with E-state index in [-0.39, 0.29) is 24.4 Å². The Kier molecular flexibility index (Phi) is 7.71. The maximum Gasteiger partial charge on any atom is 0.243 e. The first-order valence-corrected chi connectivity index (χ1v) is 8.60. The number of carbonyl (C=O) groups is 1. The zero-order valence-electron chi connectivity index (χ0n) is 13.5. The lowest BCUT2D eigenvalue weighted by Crippen LogP contribution is -2.48. The summed E-state index contributed by atoms with van der Waals surface area (Å²) in [5.74, 6) is 0.635. The fourth-order valence-electron chi connectivity index (χ4n) is 2.39. The zero-order valence-corrected chi connectivity index (χ0v) is 15.9. The first-order valence-electron chi connectivity index (χ1n) is 7.80. The Balaban J connectivity index is 0.00000225. The second-order valence-electron chi connectivity index (χ2n) is 5.49. The number of benzene rings is 2. The number of hydrogen-bond donors (Lipinski definition) is 2. The summed E-state index contributed by atoms with van der Waals surface area (Å²) >= 11 is 3.49. The summed E-state index contributed by atoms with van der Waals surface area (Å²) in [5.41, 5.74) is 1.82. The van der Waals surface area contributed by atoms with Crippen molar-refractivity contribution in [2.45, 2.75) is 12.6 Å². The van der Waals surface area contributed by atoms with Crippen LogP contribution in [-0.2, 0) is 16.1 Å². The first-order chi connectivity index (χ1) is 11.7. The molecule has 1 aliphatic rings. The number of nitrogens with one attached hydrogen (secondary N) is 2. The van der Waals surface area contributed by atoms with Crippen molar-refractivity contribution in [3.05, 3.63) is 58.6 Å².